The van der Waals surface area contributed by atoms with Crippen LogP contribution < -0.4 is 0 Å². The summed E-state index contributed by atoms with van der Waals surface area (Å²) in [5, 5.41) is 0. The number of carbonyl (C=O) groups excluding carboxylic acids is 1. The van der Waals surface area contributed by atoms with Gasteiger partial charge in [0.25, 0.3) is 0 Å². The van der Waals surface area contributed by atoms with Crippen LogP contribution in [0.3, 0.4) is 0 Å². The molecule has 0 radical (unpaired) electrons. The fourth-order valence-corrected chi connectivity index (χ4v) is 1.75. The maximum Gasteiger partial charge on any atom is 0.127 e. The molecule has 0 fully saturated rings. The average Bonchev–Trinajstić information content (AvgIpc) is 2.27. The average molecular weight is 190 g/mol. The van der Waals surface area contributed by atoms with Crippen LogP contribution in [-0.2, 0) is 22.6 Å². The van der Waals surface area contributed by atoms with Gasteiger partial charge in [-0.05, 0) is 23.1 Å². The van der Waals surface area contributed by atoms with Crippen LogP contribution in [0.2, 0.25) is 0 Å². The molecule has 0 amide bonds. The number of hydrogen-bond acceptors (Lipinski definition) is 2. The highest BCUT2D eigenvalue weighted by Gasteiger charge is 2.11. The lowest BCUT2D eigenvalue weighted by Crippen LogP contribution is -2.10. The Labute approximate surface area is 83.9 Å². The lowest BCUT2D eigenvalue weighted by atomic mass is 9.95. The first-order valence-electron chi connectivity index (χ1n) is 4.96. The summed E-state index contributed by atoms with van der Waals surface area (Å²) in [4.78, 5) is 10.6. The second-order valence-electron chi connectivity index (χ2n) is 3.76. The van der Waals surface area contributed by atoms with Crippen molar-refractivity contribution < 1.29 is 9.53 Å². The van der Waals surface area contributed by atoms with E-state index in [-0.39, 0.29) is 5.92 Å². The highest BCUT2D eigenvalue weighted by atomic mass is 16.5. The zero-order valence-electron chi connectivity index (χ0n) is 8.32. The summed E-state index contributed by atoms with van der Waals surface area (Å²) in [7, 11) is 0. The van der Waals surface area contributed by atoms with E-state index in [0.717, 1.165) is 24.9 Å². The van der Waals surface area contributed by atoms with Gasteiger partial charge in [-0.15, -0.1) is 0 Å². The number of fused-ring (bicyclic) bond motifs is 1. The van der Waals surface area contributed by atoms with Crippen molar-refractivity contribution in [2.24, 2.45) is 0 Å². The Bertz CT molecular complexity index is 344. The smallest absolute Gasteiger partial charge is 0.127 e. The molecule has 2 nitrogen and oxygen atoms in total. The Morgan fingerprint density at radius 1 is 1.43 bits per heavy atom. The molecule has 0 bridgehead atoms. The standard InChI is InChI=1S/C12H14O2/c1-9(7-13)10-2-3-12-8-14-5-4-11(12)6-10/h2-3,6-7,9H,4-5,8H2,1H3. The van der Waals surface area contributed by atoms with Gasteiger partial charge in [0.05, 0.1) is 13.2 Å². The van der Waals surface area contributed by atoms with E-state index in [0.29, 0.717) is 6.61 Å². The number of ether oxygens (including phenoxy) is 1. The van der Waals surface area contributed by atoms with Gasteiger partial charge in [-0.25, -0.2) is 0 Å². The maximum atomic E-state index is 10.6. The van der Waals surface area contributed by atoms with Gasteiger partial charge in [0.1, 0.15) is 6.29 Å². The summed E-state index contributed by atoms with van der Waals surface area (Å²) in [6.07, 6.45) is 1.95. The molecule has 1 aromatic rings. The molecule has 1 aromatic carbocycles. The summed E-state index contributed by atoms with van der Waals surface area (Å²) in [6, 6.07) is 6.23. The van der Waals surface area contributed by atoms with Crippen molar-refractivity contribution in [3.63, 3.8) is 0 Å². The molecule has 1 unspecified atom stereocenters. The van der Waals surface area contributed by atoms with Crippen molar-refractivity contribution in [3.05, 3.63) is 34.9 Å². The van der Waals surface area contributed by atoms with Crippen LogP contribution in [0.25, 0.3) is 0 Å². The van der Waals surface area contributed by atoms with Gasteiger partial charge in [-0.1, -0.05) is 25.1 Å². The third-order valence-electron chi connectivity index (χ3n) is 2.73. The molecular formula is C12H14O2. The van der Waals surface area contributed by atoms with E-state index < -0.39 is 0 Å². The molecule has 0 aliphatic carbocycles. The van der Waals surface area contributed by atoms with Crippen LogP contribution in [-0.4, -0.2) is 12.9 Å². The van der Waals surface area contributed by atoms with Crippen molar-refractivity contribution in [3.8, 4) is 0 Å². The predicted molar refractivity (Wildman–Crippen MR) is 54.3 cm³/mol. The van der Waals surface area contributed by atoms with Gasteiger partial charge in [0.2, 0.25) is 0 Å². The van der Waals surface area contributed by atoms with Crippen molar-refractivity contribution in [2.45, 2.75) is 25.9 Å². The Morgan fingerprint density at radius 2 is 2.29 bits per heavy atom. The van der Waals surface area contributed by atoms with Crippen LogP contribution in [0.15, 0.2) is 18.2 Å². The summed E-state index contributed by atoms with van der Waals surface area (Å²) >= 11 is 0. The number of aldehydes is 1. The lowest BCUT2D eigenvalue weighted by molar-refractivity contribution is -0.108. The van der Waals surface area contributed by atoms with Crippen molar-refractivity contribution in [1.82, 2.24) is 0 Å². The van der Waals surface area contributed by atoms with E-state index in [1.54, 1.807) is 0 Å². The van der Waals surface area contributed by atoms with E-state index in [1.807, 2.05) is 13.0 Å². The van der Waals surface area contributed by atoms with Crippen molar-refractivity contribution >= 4 is 6.29 Å². The molecule has 2 heteroatoms. The van der Waals surface area contributed by atoms with Crippen LogP contribution in [0, 0.1) is 0 Å². The second-order valence-corrected chi connectivity index (χ2v) is 3.76. The number of rotatable bonds is 2. The van der Waals surface area contributed by atoms with E-state index in [9.17, 15) is 4.79 Å². The molecule has 1 atom stereocenters. The maximum absolute atomic E-state index is 10.6. The number of hydrogen-bond donors (Lipinski definition) is 0. The topological polar surface area (TPSA) is 26.3 Å². The van der Waals surface area contributed by atoms with Gasteiger partial charge in [-0.3, -0.25) is 0 Å². The molecule has 0 N–H and O–H groups in total. The predicted octanol–water partition coefficient (Wildman–Crippen LogP) is 2.06. The van der Waals surface area contributed by atoms with Crippen molar-refractivity contribution in [2.75, 3.05) is 6.61 Å². The van der Waals surface area contributed by atoms with Crippen LogP contribution in [0.4, 0.5) is 0 Å². The van der Waals surface area contributed by atoms with Gasteiger partial charge >= 0.3 is 0 Å². The monoisotopic (exact) mass is 190 g/mol. The summed E-state index contributed by atoms with van der Waals surface area (Å²) < 4.78 is 5.35. The summed E-state index contributed by atoms with van der Waals surface area (Å²) in [5.74, 6) is 0.00291. The third-order valence-corrected chi connectivity index (χ3v) is 2.73. The normalized spacial score (nSPS) is 17.2. The third kappa shape index (κ3) is 1.70. The zero-order valence-corrected chi connectivity index (χ0v) is 8.32. The molecule has 0 spiro atoms. The summed E-state index contributed by atoms with van der Waals surface area (Å²) in [6.45, 7) is 3.44. The van der Waals surface area contributed by atoms with Gasteiger partial charge in [0.15, 0.2) is 0 Å². The zero-order chi connectivity index (χ0) is 9.97. The first-order valence-corrected chi connectivity index (χ1v) is 4.96. The largest absolute Gasteiger partial charge is 0.376 e. The van der Waals surface area contributed by atoms with Crippen LogP contribution in [0.5, 0.6) is 0 Å². The van der Waals surface area contributed by atoms with E-state index in [4.69, 9.17) is 4.74 Å². The molecule has 0 aromatic heterocycles. The quantitative estimate of drug-likeness (QED) is 0.667. The van der Waals surface area contributed by atoms with E-state index >= 15 is 0 Å². The Kier molecular flexibility index (Phi) is 2.64. The van der Waals surface area contributed by atoms with E-state index in [1.165, 1.54) is 11.1 Å². The molecule has 74 valence electrons. The fourth-order valence-electron chi connectivity index (χ4n) is 1.75. The SMILES string of the molecule is CC(C=O)c1ccc2c(c1)CCOC2. The number of benzene rings is 1. The highest BCUT2D eigenvalue weighted by molar-refractivity contribution is 5.61. The highest BCUT2D eigenvalue weighted by Crippen LogP contribution is 2.21. The first-order chi connectivity index (χ1) is 6.81. The number of carbonyl (C=O) groups is 1. The van der Waals surface area contributed by atoms with Crippen LogP contribution >= 0.6 is 0 Å². The molecule has 14 heavy (non-hydrogen) atoms. The molecule has 2 rings (SSSR count). The van der Waals surface area contributed by atoms with Crippen molar-refractivity contribution in [1.29, 1.82) is 0 Å². The molecular weight excluding hydrogens is 176 g/mol. The molecule has 1 aliphatic rings. The first kappa shape index (κ1) is 9.41. The second kappa shape index (κ2) is 3.93. The minimum Gasteiger partial charge on any atom is -0.376 e. The Morgan fingerprint density at radius 3 is 3.07 bits per heavy atom. The minimum atomic E-state index is 0.00291. The molecule has 0 saturated carbocycles. The summed E-state index contributed by atoms with van der Waals surface area (Å²) in [5.41, 5.74) is 3.71. The minimum absolute atomic E-state index is 0.00291. The Balaban J connectivity index is 2.33. The molecule has 1 heterocycles. The molecule has 1 aliphatic heterocycles. The van der Waals surface area contributed by atoms with Gasteiger partial charge in [0, 0.05) is 5.92 Å². The fraction of sp³-hybridized carbons (Fsp3) is 0.417. The van der Waals surface area contributed by atoms with Gasteiger partial charge < -0.3 is 9.53 Å². The Hall–Kier alpha value is -1.15. The van der Waals surface area contributed by atoms with E-state index in [2.05, 4.69) is 12.1 Å². The molecule has 0 saturated heterocycles. The van der Waals surface area contributed by atoms with Crippen LogP contribution in [0.1, 0.15) is 29.5 Å². The van der Waals surface area contributed by atoms with Gasteiger partial charge in [-0.2, -0.15) is 0 Å². The lowest BCUT2D eigenvalue weighted by Gasteiger charge is -2.17.